The fraction of sp³-hybridized carbons (Fsp3) is 0. The molecule has 0 saturated heterocycles. The van der Waals surface area contributed by atoms with Gasteiger partial charge in [-0.2, -0.15) is 0 Å². The van der Waals surface area contributed by atoms with Gasteiger partial charge in [0, 0.05) is 0 Å². The Morgan fingerprint density at radius 1 is 1.86 bits per heavy atom. The van der Waals surface area contributed by atoms with Crippen LogP contribution in [0.3, 0.4) is 0 Å². The van der Waals surface area contributed by atoms with Gasteiger partial charge in [0.15, 0.2) is 0 Å². The third-order valence-electron chi connectivity index (χ3n) is 0.349. The Labute approximate surface area is 40.1 Å². The fourth-order valence-corrected chi connectivity index (χ4v) is 0.0390. The van der Waals surface area contributed by atoms with Crippen molar-refractivity contribution in [2.75, 3.05) is 0 Å². The van der Waals surface area contributed by atoms with Gasteiger partial charge in [-0.05, 0) is 6.58 Å². The van der Waals surface area contributed by atoms with E-state index in [4.69, 9.17) is 11.0 Å². The molecule has 38 valence electrons. The number of carboxylic acid groups (broad SMARTS) is 1. The summed E-state index contributed by atoms with van der Waals surface area (Å²) < 4.78 is 0. The summed E-state index contributed by atoms with van der Waals surface area (Å²) in [7, 11) is 0. The Bertz CT molecular complexity index is 98.4. The molecular formula is C3H3NO3. The second kappa shape index (κ2) is 2.20. The third kappa shape index (κ3) is 1.77. The van der Waals surface area contributed by atoms with Crippen molar-refractivity contribution in [3.63, 3.8) is 0 Å². The number of aliphatic carboxylic acids is 1. The minimum atomic E-state index is -1.37. The van der Waals surface area contributed by atoms with Crippen molar-refractivity contribution in [3.8, 4) is 0 Å². The van der Waals surface area contributed by atoms with Crippen molar-refractivity contribution in [2.45, 2.75) is 0 Å². The number of hydrogen-bond acceptors (Lipinski definition) is 2. The monoisotopic (exact) mass is 101 g/mol. The van der Waals surface area contributed by atoms with Crippen LogP contribution in [0.5, 0.6) is 0 Å². The van der Waals surface area contributed by atoms with Gasteiger partial charge in [0.05, 0.1) is 0 Å². The zero-order valence-corrected chi connectivity index (χ0v) is 3.42. The van der Waals surface area contributed by atoms with Crippen LogP contribution in [0.15, 0.2) is 12.3 Å². The van der Waals surface area contributed by atoms with Gasteiger partial charge >= 0.3 is 5.97 Å². The van der Waals surface area contributed by atoms with Gasteiger partial charge in [0.25, 0.3) is 0 Å². The van der Waals surface area contributed by atoms with Gasteiger partial charge in [0.1, 0.15) is 5.90 Å². The van der Waals surface area contributed by atoms with E-state index in [2.05, 4.69) is 11.4 Å². The molecule has 0 unspecified atom stereocenters. The van der Waals surface area contributed by atoms with Crippen LogP contribution in [0.2, 0.25) is 0 Å². The Kier molecular flexibility index (Phi) is 1.87. The molecule has 0 spiro atoms. The summed E-state index contributed by atoms with van der Waals surface area (Å²) in [6.07, 6.45) is 0. The number of carboxylic acids is 1. The molecular weight excluding hydrogens is 98.0 g/mol. The number of nitrogens with zero attached hydrogens (tertiary/aromatic N) is 1. The molecule has 4 heteroatoms. The predicted octanol–water partition coefficient (Wildman–Crippen LogP) is -0.415. The fourth-order valence-electron chi connectivity index (χ4n) is 0.0390. The van der Waals surface area contributed by atoms with E-state index in [0.29, 0.717) is 0 Å². The smallest absolute Gasteiger partial charge is 0.373 e. The van der Waals surface area contributed by atoms with E-state index in [-0.39, 0.29) is 0 Å². The molecule has 1 N–H and O–H groups in total. The van der Waals surface area contributed by atoms with Gasteiger partial charge in [-0.15, -0.1) is 0 Å². The number of hydrogen-bond donors (Lipinski definition) is 1. The van der Waals surface area contributed by atoms with Gasteiger partial charge in [-0.25, -0.2) is 4.79 Å². The maximum Gasteiger partial charge on any atom is 0.373 e. The molecule has 7 heavy (non-hydrogen) atoms. The Hall–Kier alpha value is -1.03. The minimum absolute atomic E-state index is 0.681. The summed E-state index contributed by atoms with van der Waals surface area (Å²) in [5, 5.41) is 7.80. The molecule has 0 fully saturated rings. The zero-order valence-electron chi connectivity index (χ0n) is 3.42. The zero-order chi connectivity index (χ0) is 5.86. The Morgan fingerprint density at radius 3 is 2.29 bits per heavy atom. The molecule has 0 heterocycles. The summed E-state index contributed by atoms with van der Waals surface area (Å²) in [6.45, 7) is 2.80. The summed E-state index contributed by atoms with van der Waals surface area (Å²) in [6, 6.07) is 0. The average Bonchev–Trinajstić information content (AvgIpc) is 1.65. The van der Waals surface area contributed by atoms with Crippen LogP contribution in [-0.2, 0) is 9.63 Å². The minimum Gasteiger partial charge on any atom is -0.475 e. The van der Waals surface area contributed by atoms with Crippen molar-refractivity contribution >= 4 is 5.97 Å². The molecule has 0 amide bonds. The van der Waals surface area contributed by atoms with Crippen molar-refractivity contribution in [1.29, 1.82) is 0 Å². The Morgan fingerprint density at radius 2 is 2.29 bits per heavy atom. The van der Waals surface area contributed by atoms with E-state index in [0.717, 1.165) is 0 Å². The lowest BCUT2D eigenvalue weighted by Crippen LogP contribution is -2.00. The van der Waals surface area contributed by atoms with Crippen molar-refractivity contribution in [2.24, 2.45) is 0 Å². The first-order valence-electron chi connectivity index (χ1n) is 1.42. The summed E-state index contributed by atoms with van der Waals surface area (Å²) in [5.74, 6) is 5.47. The largest absolute Gasteiger partial charge is 0.475 e. The van der Waals surface area contributed by atoms with Crippen LogP contribution >= 0.6 is 0 Å². The maximum atomic E-state index is 9.55. The second-order valence-electron chi connectivity index (χ2n) is 0.820. The first-order chi connectivity index (χ1) is 3.18. The Balaban J connectivity index is 3.58. The highest BCUT2D eigenvalue weighted by molar-refractivity contribution is 5.83. The highest BCUT2D eigenvalue weighted by Gasteiger charge is 2.01. The SMILES string of the molecule is C=C(O[N])C(=O)O. The van der Waals surface area contributed by atoms with Gasteiger partial charge in [-0.3, -0.25) is 0 Å². The molecule has 0 aliphatic rings. The summed E-state index contributed by atoms with van der Waals surface area (Å²) >= 11 is 0. The number of rotatable bonds is 2. The molecule has 0 atom stereocenters. The standard InChI is InChI=1S/C3H3NO3/c1-2(7-4)3(5)6/h1H2,(H,5,6). The quantitative estimate of drug-likeness (QED) is 0.292. The highest BCUT2D eigenvalue weighted by Crippen LogP contribution is 1.84. The molecule has 0 saturated carbocycles. The molecule has 0 aliphatic heterocycles. The molecule has 0 aromatic carbocycles. The lowest BCUT2D eigenvalue weighted by Gasteiger charge is -1.87. The first-order valence-corrected chi connectivity index (χ1v) is 1.42. The molecule has 0 rings (SSSR count). The molecule has 4 nitrogen and oxygen atoms in total. The van der Waals surface area contributed by atoms with Gasteiger partial charge in [-0.1, -0.05) is 0 Å². The first kappa shape index (κ1) is 5.97. The van der Waals surface area contributed by atoms with Crippen LogP contribution in [0.25, 0.3) is 0 Å². The van der Waals surface area contributed by atoms with E-state index >= 15 is 0 Å². The van der Waals surface area contributed by atoms with E-state index in [9.17, 15) is 4.79 Å². The van der Waals surface area contributed by atoms with E-state index in [1.807, 2.05) is 0 Å². The van der Waals surface area contributed by atoms with Crippen LogP contribution in [0.1, 0.15) is 0 Å². The summed E-state index contributed by atoms with van der Waals surface area (Å²) in [5.41, 5.74) is 0. The second-order valence-corrected chi connectivity index (χ2v) is 0.820. The third-order valence-corrected chi connectivity index (χ3v) is 0.349. The molecule has 0 aromatic heterocycles. The van der Waals surface area contributed by atoms with E-state index in [1.54, 1.807) is 0 Å². The van der Waals surface area contributed by atoms with Crippen LogP contribution in [-0.4, -0.2) is 11.1 Å². The predicted molar refractivity (Wildman–Crippen MR) is 20.0 cm³/mol. The van der Waals surface area contributed by atoms with Crippen LogP contribution in [0, 0.1) is 0 Å². The topological polar surface area (TPSA) is 68.8 Å². The lowest BCUT2D eigenvalue weighted by molar-refractivity contribution is -0.136. The van der Waals surface area contributed by atoms with E-state index < -0.39 is 11.7 Å². The van der Waals surface area contributed by atoms with Gasteiger partial charge < -0.3 is 9.94 Å². The van der Waals surface area contributed by atoms with Gasteiger partial charge in [0.2, 0.25) is 5.76 Å². The van der Waals surface area contributed by atoms with Crippen molar-refractivity contribution in [1.82, 2.24) is 5.90 Å². The molecule has 0 aromatic rings. The summed E-state index contributed by atoms with van der Waals surface area (Å²) in [4.78, 5) is 12.8. The number of carbonyl (C=O) groups is 1. The van der Waals surface area contributed by atoms with Crippen molar-refractivity contribution < 1.29 is 14.7 Å². The lowest BCUT2D eigenvalue weighted by atomic mass is 10.6. The maximum absolute atomic E-state index is 9.55. The molecule has 0 bridgehead atoms. The van der Waals surface area contributed by atoms with Crippen molar-refractivity contribution in [3.05, 3.63) is 12.3 Å². The van der Waals surface area contributed by atoms with E-state index in [1.165, 1.54) is 0 Å². The molecule has 0 aliphatic carbocycles. The molecule has 2 radical (unpaired) electrons. The highest BCUT2D eigenvalue weighted by atomic mass is 16.6. The normalized spacial score (nSPS) is 7.57. The van der Waals surface area contributed by atoms with Crippen LogP contribution in [0.4, 0.5) is 0 Å². The van der Waals surface area contributed by atoms with Crippen LogP contribution < -0.4 is 5.90 Å². The average molecular weight is 101 g/mol.